The van der Waals surface area contributed by atoms with Gasteiger partial charge in [0.2, 0.25) is 5.95 Å². The number of fused-ring (bicyclic) bond motifs is 1. The smallest absolute Gasteiger partial charge is 0.368 e. The fourth-order valence-electron chi connectivity index (χ4n) is 3.97. The van der Waals surface area contributed by atoms with Crippen LogP contribution in [0.2, 0.25) is 5.02 Å². The number of anilines is 2. The Kier molecular flexibility index (Phi) is 5.36. The van der Waals surface area contributed by atoms with Crippen LogP contribution in [0.3, 0.4) is 0 Å². The molecule has 0 atom stereocenters. The van der Waals surface area contributed by atoms with Gasteiger partial charge in [-0.3, -0.25) is 0 Å². The zero-order valence-electron chi connectivity index (χ0n) is 15.5. The van der Waals surface area contributed by atoms with Crippen molar-refractivity contribution >= 4 is 23.2 Å². The summed E-state index contributed by atoms with van der Waals surface area (Å²) in [6.45, 7) is 2.51. The van der Waals surface area contributed by atoms with E-state index in [0.717, 1.165) is 24.9 Å². The molecule has 4 nitrogen and oxygen atoms in total. The summed E-state index contributed by atoms with van der Waals surface area (Å²) in [5.74, 6) is 0.207. The Labute approximate surface area is 167 Å². The molecule has 1 fully saturated rings. The van der Waals surface area contributed by atoms with Gasteiger partial charge in [-0.2, -0.15) is 13.2 Å². The van der Waals surface area contributed by atoms with Crippen LogP contribution in [-0.4, -0.2) is 36.1 Å². The Morgan fingerprint density at radius 1 is 0.893 bits per heavy atom. The lowest BCUT2D eigenvalue weighted by Gasteiger charge is -2.36. The molecule has 1 aromatic carbocycles. The summed E-state index contributed by atoms with van der Waals surface area (Å²) in [4.78, 5) is 12.6. The molecule has 0 N–H and O–H groups in total. The average molecular weight is 411 g/mol. The molecular weight excluding hydrogens is 389 g/mol. The number of aromatic nitrogens is 2. The first kappa shape index (κ1) is 19.3. The number of halogens is 4. The summed E-state index contributed by atoms with van der Waals surface area (Å²) in [7, 11) is 0. The van der Waals surface area contributed by atoms with Gasteiger partial charge in [0, 0.05) is 48.1 Å². The Morgan fingerprint density at radius 3 is 2.32 bits per heavy atom. The van der Waals surface area contributed by atoms with Gasteiger partial charge in [0.25, 0.3) is 0 Å². The maximum atomic E-state index is 13.6. The molecule has 0 saturated carbocycles. The van der Waals surface area contributed by atoms with Crippen molar-refractivity contribution in [1.82, 2.24) is 9.97 Å². The van der Waals surface area contributed by atoms with E-state index in [1.807, 2.05) is 29.2 Å². The highest BCUT2D eigenvalue weighted by Crippen LogP contribution is 2.35. The van der Waals surface area contributed by atoms with Crippen molar-refractivity contribution in [2.75, 3.05) is 36.0 Å². The third-order valence-electron chi connectivity index (χ3n) is 5.43. The normalized spacial score (nSPS) is 18.0. The predicted molar refractivity (Wildman–Crippen MR) is 104 cm³/mol. The number of alkyl halides is 3. The molecule has 2 aliphatic rings. The number of nitrogens with zero attached hydrogens (tertiary/aromatic N) is 4. The molecule has 2 aromatic rings. The van der Waals surface area contributed by atoms with E-state index in [1.165, 1.54) is 0 Å². The van der Waals surface area contributed by atoms with Gasteiger partial charge in [-0.1, -0.05) is 24.1 Å². The quantitative estimate of drug-likeness (QED) is 0.669. The molecule has 1 saturated heterocycles. The second kappa shape index (κ2) is 7.78. The Balaban J connectivity index is 1.57. The number of benzene rings is 1. The van der Waals surface area contributed by atoms with Crippen molar-refractivity contribution in [3.8, 4) is 0 Å². The molecule has 1 aliphatic carbocycles. The molecule has 0 unspecified atom stereocenters. The minimum atomic E-state index is -4.45. The molecule has 0 amide bonds. The summed E-state index contributed by atoms with van der Waals surface area (Å²) in [6, 6.07) is 7.61. The van der Waals surface area contributed by atoms with E-state index in [9.17, 15) is 13.2 Å². The lowest BCUT2D eigenvalue weighted by atomic mass is 10.1. The SMILES string of the molecule is FC(F)(F)c1nc(N2CCN(c3cccc(Cl)c3)CC2)nc2c1CCCCC2. The van der Waals surface area contributed by atoms with E-state index in [0.29, 0.717) is 55.3 Å². The van der Waals surface area contributed by atoms with E-state index < -0.39 is 11.9 Å². The molecule has 8 heteroatoms. The molecule has 0 spiro atoms. The van der Waals surface area contributed by atoms with Crippen LogP contribution in [0.25, 0.3) is 0 Å². The minimum absolute atomic E-state index is 0.207. The van der Waals surface area contributed by atoms with Crippen LogP contribution in [0, 0.1) is 0 Å². The summed E-state index contributed by atoms with van der Waals surface area (Å²) >= 11 is 6.07. The van der Waals surface area contributed by atoms with Crippen molar-refractivity contribution < 1.29 is 13.2 Å². The summed E-state index contributed by atoms with van der Waals surface area (Å²) < 4.78 is 40.9. The summed E-state index contributed by atoms with van der Waals surface area (Å²) in [5, 5.41) is 0.670. The van der Waals surface area contributed by atoms with E-state index in [1.54, 1.807) is 0 Å². The predicted octanol–water partition coefficient (Wildman–Crippen LogP) is 4.74. The molecule has 0 radical (unpaired) electrons. The van der Waals surface area contributed by atoms with E-state index in [4.69, 9.17) is 11.6 Å². The molecular formula is C20H22ClF3N4. The molecule has 150 valence electrons. The standard InChI is InChI=1S/C20H22ClF3N4/c21-14-5-4-6-15(13-14)27-9-11-28(12-10-27)19-25-17-8-3-1-2-7-16(17)18(26-19)20(22,23)24/h4-6,13H,1-3,7-12H2. The molecule has 4 rings (SSSR count). The van der Waals surface area contributed by atoms with E-state index >= 15 is 0 Å². The van der Waals surface area contributed by atoms with Gasteiger partial charge >= 0.3 is 6.18 Å². The fraction of sp³-hybridized carbons (Fsp3) is 0.500. The van der Waals surface area contributed by atoms with Crippen LogP contribution >= 0.6 is 11.6 Å². The second-order valence-corrected chi connectivity index (χ2v) is 7.75. The van der Waals surface area contributed by atoms with Gasteiger partial charge in [0.05, 0.1) is 0 Å². The fourth-order valence-corrected chi connectivity index (χ4v) is 4.16. The minimum Gasteiger partial charge on any atom is -0.368 e. The number of hydrogen-bond acceptors (Lipinski definition) is 4. The van der Waals surface area contributed by atoms with Crippen LogP contribution in [0.1, 0.15) is 36.2 Å². The van der Waals surface area contributed by atoms with Gasteiger partial charge in [0.1, 0.15) is 0 Å². The second-order valence-electron chi connectivity index (χ2n) is 7.31. The number of aryl methyl sites for hydroxylation is 1. The lowest BCUT2D eigenvalue weighted by molar-refractivity contribution is -0.141. The maximum Gasteiger partial charge on any atom is 0.433 e. The average Bonchev–Trinajstić information content (AvgIpc) is 2.92. The van der Waals surface area contributed by atoms with Crippen molar-refractivity contribution in [1.29, 1.82) is 0 Å². The van der Waals surface area contributed by atoms with Crippen LogP contribution in [-0.2, 0) is 19.0 Å². The molecule has 1 aliphatic heterocycles. The van der Waals surface area contributed by atoms with Crippen molar-refractivity contribution in [3.63, 3.8) is 0 Å². The van der Waals surface area contributed by atoms with E-state index in [-0.39, 0.29) is 5.95 Å². The zero-order valence-corrected chi connectivity index (χ0v) is 16.2. The van der Waals surface area contributed by atoms with Gasteiger partial charge < -0.3 is 9.80 Å². The molecule has 2 heterocycles. The molecule has 0 bridgehead atoms. The van der Waals surface area contributed by atoms with Gasteiger partial charge in [-0.25, -0.2) is 9.97 Å². The van der Waals surface area contributed by atoms with Crippen LogP contribution in [0.15, 0.2) is 24.3 Å². The highest BCUT2D eigenvalue weighted by atomic mass is 35.5. The van der Waals surface area contributed by atoms with Crippen molar-refractivity contribution in [2.24, 2.45) is 0 Å². The zero-order chi connectivity index (χ0) is 19.7. The third-order valence-corrected chi connectivity index (χ3v) is 5.66. The highest BCUT2D eigenvalue weighted by Gasteiger charge is 2.38. The van der Waals surface area contributed by atoms with Gasteiger partial charge in [0.15, 0.2) is 5.69 Å². The Bertz CT molecular complexity index is 848. The molecule has 28 heavy (non-hydrogen) atoms. The Hall–Kier alpha value is -2.02. The number of piperazine rings is 1. The van der Waals surface area contributed by atoms with E-state index in [2.05, 4.69) is 14.9 Å². The Morgan fingerprint density at radius 2 is 1.61 bits per heavy atom. The van der Waals surface area contributed by atoms with Crippen molar-refractivity contribution in [2.45, 2.75) is 38.3 Å². The maximum absolute atomic E-state index is 13.6. The summed E-state index contributed by atoms with van der Waals surface area (Å²) in [6.07, 6.45) is -0.875. The monoisotopic (exact) mass is 410 g/mol. The first-order chi connectivity index (χ1) is 13.4. The first-order valence-electron chi connectivity index (χ1n) is 9.64. The summed E-state index contributed by atoms with van der Waals surface area (Å²) in [5.41, 5.74) is 1.15. The van der Waals surface area contributed by atoms with Crippen LogP contribution < -0.4 is 9.80 Å². The molecule has 1 aromatic heterocycles. The van der Waals surface area contributed by atoms with Gasteiger partial charge in [-0.05, 0) is 43.9 Å². The van der Waals surface area contributed by atoms with Crippen LogP contribution in [0.5, 0.6) is 0 Å². The number of rotatable bonds is 2. The first-order valence-corrected chi connectivity index (χ1v) is 10.0. The largest absolute Gasteiger partial charge is 0.433 e. The van der Waals surface area contributed by atoms with Crippen molar-refractivity contribution in [3.05, 3.63) is 46.2 Å². The highest BCUT2D eigenvalue weighted by molar-refractivity contribution is 6.30. The number of hydrogen-bond donors (Lipinski definition) is 0. The van der Waals surface area contributed by atoms with Gasteiger partial charge in [-0.15, -0.1) is 0 Å². The van der Waals surface area contributed by atoms with Crippen LogP contribution in [0.4, 0.5) is 24.8 Å². The third kappa shape index (κ3) is 4.04. The lowest BCUT2D eigenvalue weighted by Crippen LogP contribution is -2.47. The topological polar surface area (TPSA) is 32.3 Å².